The normalized spacial score (nSPS) is 11.3. The first kappa shape index (κ1) is 17.3. The van der Waals surface area contributed by atoms with E-state index in [9.17, 15) is 4.79 Å². The second-order valence-electron chi connectivity index (χ2n) is 5.56. The number of halogens is 1. The highest BCUT2D eigenvalue weighted by molar-refractivity contribution is 7.22. The van der Waals surface area contributed by atoms with Gasteiger partial charge in [0.05, 0.1) is 27.0 Å². The number of nitrogens with zero attached hydrogens (tertiary/aromatic N) is 2. The van der Waals surface area contributed by atoms with E-state index in [1.54, 1.807) is 18.2 Å². The number of rotatable bonds is 5. The van der Waals surface area contributed by atoms with E-state index in [1.807, 2.05) is 24.3 Å². The van der Waals surface area contributed by atoms with E-state index in [2.05, 4.69) is 15.5 Å². The van der Waals surface area contributed by atoms with E-state index in [4.69, 9.17) is 21.1 Å². The van der Waals surface area contributed by atoms with Crippen LogP contribution in [0.4, 0.5) is 5.13 Å². The maximum Gasteiger partial charge on any atom is 0.337 e. The number of fused-ring (bicyclic) bond motifs is 1. The third-order valence-corrected chi connectivity index (χ3v) is 5.02. The van der Waals surface area contributed by atoms with E-state index < -0.39 is 5.97 Å². The number of carbonyl (C=O) groups is 1. The number of hydrogen-bond donors (Lipinski definition) is 2. The van der Waals surface area contributed by atoms with Gasteiger partial charge in [0.2, 0.25) is 5.13 Å². The fourth-order valence-electron chi connectivity index (χ4n) is 2.49. The molecule has 0 aliphatic heterocycles. The van der Waals surface area contributed by atoms with Gasteiger partial charge in [0.1, 0.15) is 11.5 Å². The topological polar surface area (TPSA) is 87.7 Å². The molecule has 134 valence electrons. The van der Waals surface area contributed by atoms with E-state index in [1.165, 1.54) is 29.7 Å². The van der Waals surface area contributed by atoms with E-state index >= 15 is 0 Å². The molecule has 4 aromatic rings. The van der Waals surface area contributed by atoms with Gasteiger partial charge in [-0.1, -0.05) is 35.1 Å². The number of furan rings is 1. The quantitative estimate of drug-likeness (QED) is 0.350. The van der Waals surface area contributed by atoms with Crippen LogP contribution in [0.25, 0.3) is 21.5 Å². The Morgan fingerprint density at radius 2 is 2.07 bits per heavy atom. The fraction of sp³-hybridized carbons (Fsp3) is 0. The average molecular weight is 398 g/mol. The molecule has 0 amide bonds. The van der Waals surface area contributed by atoms with Crippen molar-refractivity contribution >= 4 is 50.5 Å². The number of para-hydroxylation sites is 1. The number of carboxylic acids is 1. The minimum Gasteiger partial charge on any atom is -0.478 e. The zero-order chi connectivity index (χ0) is 18.8. The molecule has 0 atom stereocenters. The first-order chi connectivity index (χ1) is 13.1. The molecule has 27 heavy (non-hydrogen) atoms. The van der Waals surface area contributed by atoms with Gasteiger partial charge in [0, 0.05) is 5.56 Å². The summed E-state index contributed by atoms with van der Waals surface area (Å²) in [4.78, 5) is 15.6. The lowest BCUT2D eigenvalue weighted by molar-refractivity contribution is 0.0697. The molecule has 0 bridgehead atoms. The molecule has 0 aliphatic rings. The molecule has 0 saturated carbocycles. The average Bonchev–Trinajstić information content (AvgIpc) is 3.28. The van der Waals surface area contributed by atoms with Crippen molar-refractivity contribution in [2.24, 2.45) is 5.10 Å². The number of aromatic carboxylic acids is 1. The molecule has 6 nitrogen and oxygen atoms in total. The molecule has 8 heteroatoms. The third kappa shape index (κ3) is 3.69. The monoisotopic (exact) mass is 397 g/mol. The summed E-state index contributed by atoms with van der Waals surface area (Å²) in [6.07, 6.45) is 1.53. The Hall–Kier alpha value is -3.16. The molecule has 0 unspecified atom stereocenters. The van der Waals surface area contributed by atoms with Gasteiger partial charge in [-0.3, -0.25) is 5.43 Å². The summed E-state index contributed by atoms with van der Waals surface area (Å²) in [7, 11) is 0. The van der Waals surface area contributed by atoms with Gasteiger partial charge in [-0.2, -0.15) is 5.10 Å². The molecule has 0 radical (unpaired) electrons. The van der Waals surface area contributed by atoms with Crippen molar-refractivity contribution in [3.8, 4) is 11.3 Å². The van der Waals surface area contributed by atoms with Gasteiger partial charge in [-0.15, -0.1) is 0 Å². The summed E-state index contributed by atoms with van der Waals surface area (Å²) in [5, 5.41) is 14.2. The van der Waals surface area contributed by atoms with Crippen molar-refractivity contribution < 1.29 is 14.3 Å². The number of aromatic nitrogens is 1. The summed E-state index contributed by atoms with van der Waals surface area (Å²) in [6, 6.07) is 16.0. The molecule has 4 rings (SSSR count). The van der Waals surface area contributed by atoms with Gasteiger partial charge in [0.15, 0.2) is 0 Å². The van der Waals surface area contributed by atoms with Gasteiger partial charge >= 0.3 is 5.97 Å². The number of anilines is 1. The van der Waals surface area contributed by atoms with Crippen molar-refractivity contribution in [3.05, 3.63) is 70.9 Å². The molecule has 0 spiro atoms. The highest BCUT2D eigenvalue weighted by Crippen LogP contribution is 2.27. The molecule has 2 aromatic heterocycles. The molecular weight excluding hydrogens is 386 g/mol. The molecule has 2 N–H and O–H groups in total. The Kier molecular flexibility index (Phi) is 4.62. The largest absolute Gasteiger partial charge is 0.478 e. The van der Waals surface area contributed by atoms with Crippen molar-refractivity contribution in [1.29, 1.82) is 0 Å². The molecule has 2 aromatic carbocycles. The molecule has 0 aliphatic carbocycles. The van der Waals surface area contributed by atoms with Crippen LogP contribution in [-0.4, -0.2) is 22.3 Å². The fourth-order valence-corrected chi connectivity index (χ4v) is 3.50. The second-order valence-corrected chi connectivity index (χ2v) is 7.00. The van der Waals surface area contributed by atoms with Gasteiger partial charge in [-0.25, -0.2) is 9.78 Å². The van der Waals surface area contributed by atoms with Crippen LogP contribution in [0.3, 0.4) is 0 Å². The van der Waals surface area contributed by atoms with Crippen molar-refractivity contribution in [3.63, 3.8) is 0 Å². The first-order valence-electron chi connectivity index (χ1n) is 7.88. The Balaban J connectivity index is 1.50. The molecule has 2 heterocycles. The lowest BCUT2D eigenvalue weighted by atomic mass is 10.1. The smallest absolute Gasteiger partial charge is 0.337 e. The van der Waals surface area contributed by atoms with Crippen LogP contribution in [0.2, 0.25) is 5.02 Å². The summed E-state index contributed by atoms with van der Waals surface area (Å²) in [5.41, 5.74) is 4.45. The number of carboxylic acid groups (broad SMARTS) is 1. The summed E-state index contributed by atoms with van der Waals surface area (Å²) < 4.78 is 6.78. The van der Waals surface area contributed by atoms with Crippen molar-refractivity contribution in [2.45, 2.75) is 0 Å². The van der Waals surface area contributed by atoms with Crippen molar-refractivity contribution in [1.82, 2.24) is 4.98 Å². The molecule has 0 saturated heterocycles. The number of nitrogens with one attached hydrogen (secondary N) is 1. The second kappa shape index (κ2) is 7.22. The SMILES string of the molecule is O=C(O)c1cc(-c2ccc(/C=N/Nc3nc4ccccc4s3)o2)ccc1Cl. The first-order valence-corrected chi connectivity index (χ1v) is 9.07. The van der Waals surface area contributed by atoms with Crippen LogP contribution in [-0.2, 0) is 0 Å². The lowest BCUT2D eigenvalue weighted by Crippen LogP contribution is -1.97. The zero-order valence-corrected chi connectivity index (χ0v) is 15.3. The standard InChI is InChI=1S/C19H12ClN3O3S/c20-14-7-5-11(9-13(14)18(24)25)16-8-6-12(26-16)10-21-23-19-22-15-3-1-2-4-17(15)27-19/h1-10H,(H,22,23)(H,24,25)/b21-10+. The van der Waals surface area contributed by atoms with Crippen LogP contribution in [0.5, 0.6) is 0 Å². The van der Waals surface area contributed by atoms with Gasteiger partial charge < -0.3 is 9.52 Å². The minimum absolute atomic E-state index is 0.0262. The van der Waals surface area contributed by atoms with E-state index in [0.29, 0.717) is 22.2 Å². The predicted octanol–water partition coefficient (Wildman–Crippen LogP) is 5.35. The van der Waals surface area contributed by atoms with E-state index in [0.717, 1.165) is 10.2 Å². The van der Waals surface area contributed by atoms with Crippen LogP contribution in [0.1, 0.15) is 16.1 Å². The van der Waals surface area contributed by atoms with Crippen LogP contribution < -0.4 is 5.43 Å². The zero-order valence-electron chi connectivity index (χ0n) is 13.7. The molecular formula is C19H12ClN3O3S. The van der Waals surface area contributed by atoms with Crippen LogP contribution in [0.15, 0.2) is 64.1 Å². The predicted molar refractivity (Wildman–Crippen MR) is 107 cm³/mol. The Bertz CT molecular complexity index is 1130. The Morgan fingerprint density at radius 3 is 2.89 bits per heavy atom. The lowest BCUT2D eigenvalue weighted by Gasteiger charge is -2.01. The Labute approximate surface area is 162 Å². The highest BCUT2D eigenvalue weighted by Gasteiger charge is 2.12. The highest BCUT2D eigenvalue weighted by atomic mass is 35.5. The number of hydrazone groups is 1. The van der Waals surface area contributed by atoms with Crippen LogP contribution in [0, 0.1) is 0 Å². The Morgan fingerprint density at radius 1 is 1.22 bits per heavy atom. The third-order valence-electron chi connectivity index (χ3n) is 3.75. The minimum atomic E-state index is -1.09. The summed E-state index contributed by atoms with van der Waals surface area (Å²) >= 11 is 7.40. The van der Waals surface area contributed by atoms with Gasteiger partial charge in [-0.05, 0) is 42.5 Å². The van der Waals surface area contributed by atoms with Gasteiger partial charge in [0.25, 0.3) is 0 Å². The summed E-state index contributed by atoms with van der Waals surface area (Å²) in [5.74, 6) is -0.0451. The van der Waals surface area contributed by atoms with E-state index in [-0.39, 0.29) is 10.6 Å². The van der Waals surface area contributed by atoms with Crippen LogP contribution >= 0.6 is 22.9 Å². The summed E-state index contributed by atoms with van der Waals surface area (Å²) in [6.45, 7) is 0. The maximum atomic E-state index is 11.2. The number of hydrogen-bond acceptors (Lipinski definition) is 6. The number of thiazole rings is 1. The van der Waals surface area contributed by atoms with Crippen molar-refractivity contribution in [2.75, 3.05) is 5.43 Å². The number of benzene rings is 2. The maximum absolute atomic E-state index is 11.2. The molecule has 0 fully saturated rings.